The fraction of sp³-hybridized carbons (Fsp3) is 0.600. The van der Waals surface area contributed by atoms with E-state index in [1.54, 1.807) is 0 Å². The second-order valence-corrected chi connectivity index (χ2v) is 7.19. The van der Waals surface area contributed by atoms with Crippen LogP contribution in [0.15, 0.2) is 24.3 Å². The van der Waals surface area contributed by atoms with Gasteiger partial charge in [-0.15, -0.1) is 0 Å². The molecule has 0 N–H and O–H groups in total. The van der Waals surface area contributed by atoms with E-state index in [9.17, 15) is 4.46 Å². The van der Waals surface area contributed by atoms with Crippen molar-refractivity contribution < 1.29 is 13.9 Å². The largest absolute Gasteiger partial charge is 0.465 e. The predicted molar refractivity (Wildman–Crippen MR) is 78.4 cm³/mol. The number of aryl methyl sites for hydroxylation is 1. The average molecular weight is 280 g/mol. The summed E-state index contributed by atoms with van der Waals surface area (Å²) in [7, 11) is -0.728. The molecule has 0 aliphatic heterocycles. The highest BCUT2D eigenvalue weighted by Gasteiger charge is 2.16. The molecule has 0 aliphatic carbocycles. The van der Waals surface area contributed by atoms with E-state index >= 15 is 0 Å². The molecule has 1 atom stereocenters. The van der Waals surface area contributed by atoms with Gasteiger partial charge in [-0.05, 0) is 44.4 Å². The second-order valence-electron chi connectivity index (χ2n) is 5.39. The third kappa shape index (κ3) is 6.12. The summed E-state index contributed by atoms with van der Waals surface area (Å²) >= 11 is 0. The first-order chi connectivity index (χ1) is 8.96. The molecule has 106 valence electrons. The van der Waals surface area contributed by atoms with Crippen LogP contribution in [-0.4, -0.2) is 22.3 Å². The molecule has 4 heteroatoms. The maximum absolute atomic E-state index is 11.1. The van der Waals surface area contributed by atoms with Crippen LogP contribution in [0, 0.1) is 0 Å². The lowest BCUT2D eigenvalue weighted by Crippen LogP contribution is -2.15. The van der Waals surface area contributed by atoms with Gasteiger partial charge in [0.2, 0.25) is 0 Å². The molecule has 0 saturated heterocycles. The van der Waals surface area contributed by atoms with Crippen molar-refractivity contribution in [2.24, 2.45) is 0 Å². The summed E-state index contributed by atoms with van der Waals surface area (Å²) in [4.78, 5) is 0. The lowest BCUT2D eigenvalue weighted by atomic mass is 10.0. The van der Waals surface area contributed by atoms with Crippen LogP contribution in [0.1, 0.15) is 39.7 Å². The molecule has 0 aromatic heterocycles. The normalized spacial score (nSPS) is 13.1. The van der Waals surface area contributed by atoms with E-state index in [2.05, 4.69) is 26.0 Å². The van der Waals surface area contributed by atoms with E-state index < -0.39 is 9.41 Å². The molecule has 3 nitrogen and oxygen atoms in total. The van der Waals surface area contributed by atoms with E-state index in [4.69, 9.17) is 9.47 Å². The Morgan fingerprint density at radius 1 is 1.26 bits per heavy atom. The quantitative estimate of drug-likeness (QED) is 0.541. The van der Waals surface area contributed by atoms with Gasteiger partial charge >= 0.3 is 0 Å². The van der Waals surface area contributed by atoms with Crippen molar-refractivity contribution in [3.05, 3.63) is 29.8 Å². The van der Waals surface area contributed by atoms with Gasteiger partial charge in [0.15, 0.2) is 6.29 Å². The van der Waals surface area contributed by atoms with Gasteiger partial charge in [-0.3, -0.25) is 0 Å². The van der Waals surface area contributed by atoms with Crippen LogP contribution in [-0.2, 0) is 15.6 Å². The molecule has 1 rings (SSSR count). The van der Waals surface area contributed by atoms with E-state index in [1.165, 1.54) is 5.56 Å². The Kier molecular flexibility index (Phi) is 6.38. The Morgan fingerprint density at radius 2 is 1.89 bits per heavy atom. The lowest BCUT2D eigenvalue weighted by Gasteiger charge is -2.16. The maximum Gasteiger partial charge on any atom is 0.267 e. The highest BCUT2D eigenvalue weighted by Crippen LogP contribution is 2.27. The highest BCUT2D eigenvalue weighted by atomic mass is 28.2. The number of rotatable bonds is 8. The molecule has 0 radical (unpaired) electrons. The molecular formula is C15H24O3Si. The Hall–Kier alpha value is -1.00. The fourth-order valence-electron chi connectivity index (χ4n) is 1.72. The summed E-state index contributed by atoms with van der Waals surface area (Å²) in [5, 5.41) is -0.0430. The minimum absolute atomic E-state index is 0.0430. The lowest BCUT2D eigenvalue weighted by molar-refractivity contribution is -0.0613. The average Bonchev–Trinajstić information content (AvgIpc) is 2.38. The SMILES string of the molecule is CCOC(C)Oc1ccc(CCC(C)(C)[SiH]=O)cc1. The zero-order valence-corrected chi connectivity index (χ0v) is 13.5. The molecular weight excluding hydrogens is 256 g/mol. The molecule has 0 aliphatic rings. The predicted octanol–water partition coefficient (Wildman–Crippen LogP) is 3.36. The van der Waals surface area contributed by atoms with Gasteiger partial charge < -0.3 is 13.9 Å². The first-order valence-corrected chi connectivity index (χ1v) is 7.85. The van der Waals surface area contributed by atoms with Gasteiger partial charge in [-0.2, -0.15) is 0 Å². The molecule has 19 heavy (non-hydrogen) atoms. The van der Waals surface area contributed by atoms with E-state index in [0.29, 0.717) is 6.61 Å². The van der Waals surface area contributed by atoms with Crippen molar-refractivity contribution in [1.29, 1.82) is 0 Å². The van der Waals surface area contributed by atoms with Crippen molar-refractivity contribution in [3.63, 3.8) is 0 Å². The van der Waals surface area contributed by atoms with Gasteiger partial charge in [0.05, 0.1) is 0 Å². The van der Waals surface area contributed by atoms with Crippen LogP contribution >= 0.6 is 0 Å². The number of hydrogen-bond donors (Lipinski definition) is 0. The standard InChI is InChI=1S/C15H24O3Si/c1-5-17-12(2)18-14-8-6-13(7-9-14)10-11-15(3,4)19-16/h6-9,12,19H,5,10-11H2,1-4H3. The van der Waals surface area contributed by atoms with Crippen molar-refractivity contribution in [2.45, 2.75) is 51.9 Å². The molecule has 0 amide bonds. The van der Waals surface area contributed by atoms with Crippen LogP contribution < -0.4 is 4.74 Å². The summed E-state index contributed by atoms with van der Waals surface area (Å²) < 4.78 is 22.0. The van der Waals surface area contributed by atoms with Crippen LogP contribution in [0.3, 0.4) is 0 Å². The number of hydrogen-bond acceptors (Lipinski definition) is 3. The van der Waals surface area contributed by atoms with Crippen molar-refractivity contribution >= 4 is 9.41 Å². The van der Waals surface area contributed by atoms with E-state index in [1.807, 2.05) is 26.0 Å². The third-order valence-electron chi connectivity index (χ3n) is 3.00. The summed E-state index contributed by atoms with van der Waals surface area (Å²) in [6.45, 7) is 8.58. The molecule has 0 heterocycles. The Labute approximate surface area is 118 Å². The second kappa shape index (κ2) is 7.55. The van der Waals surface area contributed by atoms with Gasteiger partial charge in [0.25, 0.3) is 9.41 Å². The van der Waals surface area contributed by atoms with Crippen LogP contribution in [0.4, 0.5) is 0 Å². The zero-order valence-electron chi connectivity index (χ0n) is 12.3. The van der Waals surface area contributed by atoms with Gasteiger partial charge in [0.1, 0.15) is 5.75 Å². The van der Waals surface area contributed by atoms with E-state index in [0.717, 1.165) is 18.6 Å². The third-order valence-corrected chi connectivity index (χ3v) is 3.93. The van der Waals surface area contributed by atoms with Gasteiger partial charge in [-0.25, -0.2) is 0 Å². The van der Waals surface area contributed by atoms with Crippen molar-refractivity contribution in [1.82, 2.24) is 0 Å². The minimum atomic E-state index is -0.728. The summed E-state index contributed by atoms with van der Waals surface area (Å²) in [6.07, 6.45) is 1.67. The molecule has 1 aromatic rings. The zero-order chi connectivity index (χ0) is 14.3. The van der Waals surface area contributed by atoms with Crippen molar-refractivity contribution in [2.75, 3.05) is 6.61 Å². The van der Waals surface area contributed by atoms with Crippen LogP contribution in [0.2, 0.25) is 5.04 Å². The van der Waals surface area contributed by atoms with Gasteiger partial charge in [-0.1, -0.05) is 26.0 Å². The van der Waals surface area contributed by atoms with Crippen LogP contribution in [0.25, 0.3) is 0 Å². The number of ether oxygens (including phenoxy) is 2. The van der Waals surface area contributed by atoms with Crippen LogP contribution in [0.5, 0.6) is 5.75 Å². The van der Waals surface area contributed by atoms with Gasteiger partial charge in [0, 0.05) is 11.6 Å². The smallest absolute Gasteiger partial charge is 0.267 e. The summed E-state index contributed by atoms with van der Waals surface area (Å²) in [6, 6.07) is 8.04. The molecule has 1 aromatic carbocycles. The molecule has 0 saturated carbocycles. The molecule has 0 spiro atoms. The van der Waals surface area contributed by atoms with Crippen molar-refractivity contribution in [3.8, 4) is 5.75 Å². The Bertz CT molecular complexity index is 387. The molecule has 0 bridgehead atoms. The maximum atomic E-state index is 11.1. The monoisotopic (exact) mass is 280 g/mol. The highest BCUT2D eigenvalue weighted by molar-refractivity contribution is 6.22. The summed E-state index contributed by atoms with van der Waals surface area (Å²) in [5.74, 6) is 0.818. The van der Waals surface area contributed by atoms with E-state index in [-0.39, 0.29) is 11.3 Å². The fourth-order valence-corrected chi connectivity index (χ4v) is 1.98. The molecule has 1 unspecified atom stereocenters. The summed E-state index contributed by atoms with van der Waals surface area (Å²) in [5.41, 5.74) is 1.25. The first kappa shape index (κ1) is 16.1. The molecule has 0 fully saturated rings. The Morgan fingerprint density at radius 3 is 2.42 bits per heavy atom. The Balaban J connectivity index is 2.50. The minimum Gasteiger partial charge on any atom is -0.465 e. The first-order valence-electron chi connectivity index (χ1n) is 6.80. The topological polar surface area (TPSA) is 35.5 Å². The number of benzene rings is 1.